The molecule has 0 radical (unpaired) electrons. The van der Waals surface area contributed by atoms with Gasteiger partial charge in [-0.2, -0.15) is 0 Å². The first-order chi connectivity index (χ1) is 12.9. The Bertz CT molecular complexity index is 876. The maximum absolute atomic E-state index is 13.0. The van der Waals surface area contributed by atoms with E-state index in [0.717, 1.165) is 4.90 Å². The summed E-state index contributed by atoms with van der Waals surface area (Å²) in [6.07, 6.45) is 0. The van der Waals surface area contributed by atoms with Crippen molar-refractivity contribution in [2.75, 3.05) is 32.0 Å². The maximum Gasteiger partial charge on any atom is 0.250 e. The van der Waals surface area contributed by atoms with Crippen LogP contribution in [0.25, 0.3) is 0 Å². The van der Waals surface area contributed by atoms with E-state index in [1.165, 1.54) is 33.1 Å². The number of fused-ring (bicyclic) bond motifs is 1. The molecule has 1 aliphatic rings. The molecule has 2 aromatic rings. The first-order valence-electron chi connectivity index (χ1n) is 8.14. The lowest BCUT2D eigenvalue weighted by molar-refractivity contribution is -0.126. The van der Waals surface area contributed by atoms with Crippen LogP contribution in [0, 0.1) is 0 Å². The largest absolute Gasteiger partial charge is 0.493 e. The average Bonchev–Trinajstić information content (AvgIpc) is 2.67. The Kier molecular flexibility index (Phi) is 5.18. The van der Waals surface area contributed by atoms with Crippen LogP contribution in [0.4, 0.5) is 11.4 Å². The smallest absolute Gasteiger partial charge is 0.250 e. The van der Waals surface area contributed by atoms with E-state index in [1.54, 1.807) is 25.1 Å². The van der Waals surface area contributed by atoms with Crippen molar-refractivity contribution in [3.8, 4) is 17.2 Å². The number of methoxy groups -OCH3 is 3. The third-order valence-electron chi connectivity index (χ3n) is 4.24. The van der Waals surface area contributed by atoms with Crippen LogP contribution in [0.3, 0.4) is 0 Å². The zero-order valence-corrected chi connectivity index (χ0v) is 16.2. The van der Waals surface area contributed by atoms with Crippen molar-refractivity contribution < 1.29 is 23.8 Å². The number of amides is 2. The Balaban J connectivity index is 1.90. The quantitative estimate of drug-likeness (QED) is 0.766. The molecule has 0 spiro atoms. The van der Waals surface area contributed by atoms with E-state index in [2.05, 4.69) is 10.6 Å². The van der Waals surface area contributed by atoms with Crippen LogP contribution in [0.15, 0.2) is 41.3 Å². The molecule has 1 heterocycles. The number of thioether (sulfide) groups is 1. The summed E-state index contributed by atoms with van der Waals surface area (Å²) >= 11 is 1.21. The summed E-state index contributed by atoms with van der Waals surface area (Å²) in [6, 6.07) is 10.6. The highest BCUT2D eigenvalue weighted by atomic mass is 32.2. The summed E-state index contributed by atoms with van der Waals surface area (Å²) in [4.78, 5) is 26.4. The number of para-hydroxylation sites is 1. The second-order valence-corrected chi connectivity index (χ2v) is 7.41. The summed E-state index contributed by atoms with van der Waals surface area (Å²) in [5.74, 6) is 0.402. The molecule has 8 heteroatoms. The van der Waals surface area contributed by atoms with Crippen LogP contribution < -0.4 is 24.8 Å². The van der Waals surface area contributed by atoms with Crippen molar-refractivity contribution >= 4 is 35.0 Å². The van der Waals surface area contributed by atoms with E-state index in [0.29, 0.717) is 28.6 Å². The van der Waals surface area contributed by atoms with Crippen LogP contribution in [-0.2, 0) is 9.59 Å². The van der Waals surface area contributed by atoms with E-state index >= 15 is 0 Å². The summed E-state index contributed by atoms with van der Waals surface area (Å²) in [5, 5.41) is 5.57. The molecule has 2 amide bonds. The van der Waals surface area contributed by atoms with Gasteiger partial charge in [-0.05, 0) is 19.1 Å². The molecule has 0 aromatic heterocycles. The first kappa shape index (κ1) is 18.9. The molecule has 2 N–H and O–H groups in total. The Hall–Kier alpha value is -2.87. The van der Waals surface area contributed by atoms with Gasteiger partial charge in [-0.25, -0.2) is 0 Å². The van der Waals surface area contributed by atoms with Gasteiger partial charge in [0.2, 0.25) is 17.6 Å². The predicted molar refractivity (Wildman–Crippen MR) is 104 cm³/mol. The summed E-state index contributed by atoms with van der Waals surface area (Å²) in [5.41, 5.74) is 1.13. The second kappa shape index (κ2) is 7.40. The molecule has 1 atom stereocenters. The number of hydrogen-bond acceptors (Lipinski definition) is 6. The molecule has 0 fully saturated rings. The highest BCUT2D eigenvalue weighted by Crippen LogP contribution is 2.44. The van der Waals surface area contributed by atoms with Gasteiger partial charge in [0, 0.05) is 22.7 Å². The molecule has 2 aromatic carbocycles. The minimum absolute atomic E-state index is 0.379. The van der Waals surface area contributed by atoms with Gasteiger partial charge in [-0.1, -0.05) is 23.9 Å². The topological polar surface area (TPSA) is 85.9 Å². The maximum atomic E-state index is 13.0. The van der Waals surface area contributed by atoms with Crippen LogP contribution >= 0.6 is 11.8 Å². The molecule has 0 aliphatic carbocycles. The van der Waals surface area contributed by atoms with Crippen molar-refractivity contribution in [2.24, 2.45) is 0 Å². The molecule has 7 nitrogen and oxygen atoms in total. The first-order valence-corrected chi connectivity index (χ1v) is 8.95. The number of benzene rings is 2. The molecule has 3 rings (SSSR count). The number of carbonyl (C=O) groups excluding carboxylic acids is 2. The van der Waals surface area contributed by atoms with Gasteiger partial charge >= 0.3 is 0 Å². The SMILES string of the molecule is COc1cc(NC(=O)C2(C)Sc3ccccc3NC2=O)cc(OC)c1OC. The van der Waals surface area contributed by atoms with Crippen molar-refractivity contribution in [1.82, 2.24) is 0 Å². The molecule has 27 heavy (non-hydrogen) atoms. The number of nitrogens with one attached hydrogen (secondary N) is 2. The van der Waals surface area contributed by atoms with Crippen molar-refractivity contribution in [2.45, 2.75) is 16.6 Å². The lowest BCUT2D eigenvalue weighted by atomic mass is 10.1. The molecule has 0 saturated carbocycles. The standard InChI is InChI=1S/C19H20N2O5S/c1-19(18(23)21-12-7-5-6-8-15(12)27-19)17(22)20-11-9-13(24-2)16(26-4)14(10-11)25-3/h5-10H,1-4H3,(H,20,22)(H,21,23). The predicted octanol–water partition coefficient (Wildman–Crippen LogP) is 3.15. The number of carbonyl (C=O) groups is 2. The summed E-state index contributed by atoms with van der Waals surface area (Å²) < 4.78 is 14.6. The van der Waals surface area contributed by atoms with Gasteiger partial charge < -0.3 is 24.8 Å². The Labute approximate surface area is 161 Å². The fourth-order valence-electron chi connectivity index (χ4n) is 2.72. The average molecular weight is 388 g/mol. The van der Waals surface area contributed by atoms with Crippen molar-refractivity contribution in [1.29, 1.82) is 0 Å². The number of anilines is 2. The Morgan fingerprint density at radius 3 is 2.30 bits per heavy atom. The zero-order chi connectivity index (χ0) is 19.6. The van der Waals surface area contributed by atoms with Crippen molar-refractivity contribution in [3.63, 3.8) is 0 Å². The van der Waals surface area contributed by atoms with Gasteiger partial charge in [0.1, 0.15) is 0 Å². The fourth-order valence-corrected chi connectivity index (χ4v) is 3.82. The number of rotatable bonds is 5. The minimum Gasteiger partial charge on any atom is -0.493 e. The Morgan fingerprint density at radius 1 is 1.07 bits per heavy atom. The molecule has 1 aliphatic heterocycles. The summed E-state index contributed by atoms with van der Waals surface area (Å²) in [6.45, 7) is 1.59. The van der Waals surface area contributed by atoms with Gasteiger partial charge in [0.15, 0.2) is 16.2 Å². The highest BCUT2D eigenvalue weighted by molar-refractivity contribution is 8.02. The van der Waals surface area contributed by atoms with Crippen LogP contribution in [0.5, 0.6) is 17.2 Å². The van der Waals surface area contributed by atoms with Crippen molar-refractivity contribution in [3.05, 3.63) is 36.4 Å². The third-order valence-corrected chi connectivity index (χ3v) is 5.59. The van der Waals surface area contributed by atoms with Gasteiger partial charge in [-0.3, -0.25) is 9.59 Å². The van der Waals surface area contributed by atoms with E-state index in [1.807, 2.05) is 18.2 Å². The lowest BCUT2D eigenvalue weighted by Crippen LogP contribution is -2.49. The number of hydrogen-bond donors (Lipinski definition) is 2. The molecule has 0 saturated heterocycles. The molecule has 0 bridgehead atoms. The highest BCUT2D eigenvalue weighted by Gasteiger charge is 2.45. The van der Waals surface area contributed by atoms with Gasteiger partial charge in [0.05, 0.1) is 27.0 Å². The van der Waals surface area contributed by atoms with E-state index in [4.69, 9.17) is 14.2 Å². The molecular formula is C19H20N2O5S. The van der Waals surface area contributed by atoms with E-state index < -0.39 is 10.7 Å². The third kappa shape index (κ3) is 3.40. The van der Waals surface area contributed by atoms with Crippen LogP contribution in [-0.4, -0.2) is 37.9 Å². The van der Waals surface area contributed by atoms with E-state index in [9.17, 15) is 9.59 Å². The minimum atomic E-state index is -1.32. The van der Waals surface area contributed by atoms with E-state index in [-0.39, 0.29) is 5.91 Å². The van der Waals surface area contributed by atoms with Crippen LogP contribution in [0.1, 0.15) is 6.92 Å². The monoisotopic (exact) mass is 388 g/mol. The molecule has 1 unspecified atom stereocenters. The normalized spacial score (nSPS) is 18.1. The van der Waals surface area contributed by atoms with Gasteiger partial charge in [-0.15, -0.1) is 0 Å². The van der Waals surface area contributed by atoms with Gasteiger partial charge in [0.25, 0.3) is 0 Å². The second-order valence-electron chi connectivity index (χ2n) is 5.95. The summed E-state index contributed by atoms with van der Waals surface area (Å²) in [7, 11) is 4.48. The lowest BCUT2D eigenvalue weighted by Gasteiger charge is -2.31. The Morgan fingerprint density at radius 2 is 1.70 bits per heavy atom. The fraction of sp³-hybridized carbons (Fsp3) is 0.263. The molecular weight excluding hydrogens is 368 g/mol. The number of ether oxygens (including phenoxy) is 3. The van der Waals surface area contributed by atoms with Crippen LogP contribution in [0.2, 0.25) is 0 Å². The zero-order valence-electron chi connectivity index (χ0n) is 15.4. The molecule has 142 valence electrons.